The number of benzene rings is 1. The Morgan fingerprint density at radius 1 is 1.26 bits per heavy atom. The lowest BCUT2D eigenvalue weighted by Crippen LogP contribution is -2.39. The largest absolute Gasteiger partial charge is 0.492 e. The Morgan fingerprint density at radius 3 is 2.48 bits per heavy atom. The van der Waals surface area contributed by atoms with E-state index >= 15 is 0 Å². The van der Waals surface area contributed by atoms with E-state index in [-0.39, 0.29) is 6.09 Å². The molecule has 27 heavy (non-hydrogen) atoms. The maximum atomic E-state index is 11.9. The standard InChI is InChI=1S/C20H29NO6/c1-3-26-18(19(22)23)13-15-7-9-17(10-8-15)27-12-11-21(20(24)25-2)14-16-5-4-6-16/h7-10,16,18H,3-6,11-14H2,1-2H3,(H,22,23). The van der Waals surface area contributed by atoms with Crippen molar-refractivity contribution in [3.8, 4) is 5.75 Å². The van der Waals surface area contributed by atoms with Crippen molar-refractivity contribution in [2.45, 2.75) is 38.7 Å². The van der Waals surface area contributed by atoms with Gasteiger partial charge in [-0.2, -0.15) is 0 Å². The van der Waals surface area contributed by atoms with Gasteiger partial charge in [0.05, 0.1) is 13.7 Å². The van der Waals surface area contributed by atoms with Crippen LogP contribution in [0.5, 0.6) is 5.75 Å². The summed E-state index contributed by atoms with van der Waals surface area (Å²) in [5.41, 5.74) is 0.865. The van der Waals surface area contributed by atoms with Crippen molar-refractivity contribution in [2.75, 3.05) is 33.4 Å². The highest BCUT2D eigenvalue weighted by molar-refractivity contribution is 5.72. The van der Waals surface area contributed by atoms with Crippen LogP contribution in [0.2, 0.25) is 0 Å². The maximum Gasteiger partial charge on any atom is 0.409 e. The fourth-order valence-corrected chi connectivity index (χ4v) is 3.00. The summed E-state index contributed by atoms with van der Waals surface area (Å²) < 4.78 is 15.8. The number of aliphatic carboxylic acids is 1. The third-order valence-corrected chi connectivity index (χ3v) is 4.75. The number of hydrogen-bond donors (Lipinski definition) is 1. The van der Waals surface area contributed by atoms with Gasteiger partial charge in [0, 0.05) is 19.6 Å². The average Bonchev–Trinajstić information content (AvgIpc) is 2.63. The van der Waals surface area contributed by atoms with Crippen molar-refractivity contribution < 1.29 is 28.9 Å². The van der Waals surface area contributed by atoms with Crippen LogP contribution in [0.15, 0.2) is 24.3 Å². The molecule has 0 aliphatic heterocycles. The highest BCUT2D eigenvalue weighted by Gasteiger charge is 2.24. The molecule has 1 amide bonds. The summed E-state index contributed by atoms with van der Waals surface area (Å²) >= 11 is 0. The van der Waals surface area contributed by atoms with Crippen LogP contribution < -0.4 is 4.74 Å². The van der Waals surface area contributed by atoms with E-state index < -0.39 is 12.1 Å². The minimum atomic E-state index is -0.966. The summed E-state index contributed by atoms with van der Waals surface area (Å²) in [4.78, 5) is 24.7. The van der Waals surface area contributed by atoms with E-state index in [1.54, 1.807) is 24.0 Å². The van der Waals surface area contributed by atoms with Crippen molar-refractivity contribution in [1.82, 2.24) is 4.90 Å². The molecule has 0 radical (unpaired) electrons. The van der Waals surface area contributed by atoms with Gasteiger partial charge in [-0.3, -0.25) is 0 Å². The van der Waals surface area contributed by atoms with Crippen LogP contribution in [-0.4, -0.2) is 61.6 Å². The molecular weight excluding hydrogens is 350 g/mol. The molecule has 1 aromatic rings. The zero-order valence-electron chi connectivity index (χ0n) is 16.1. The molecule has 0 spiro atoms. The third kappa shape index (κ3) is 6.75. The molecule has 0 heterocycles. The molecule has 1 fully saturated rings. The SMILES string of the molecule is CCOC(Cc1ccc(OCCN(CC2CCC2)C(=O)OC)cc1)C(=O)O. The Hall–Kier alpha value is -2.28. The number of carboxylic acids is 1. The number of amides is 1. The Kier molecular flexibility index (Phi) is 8.39. The molecular formula is C20H29NO6. The second kappa shape index (κ2) is 10.8. The Balaban J connectivity index is 1.80. The molecule has 1 aliphatic rings. The molecule has 150 valence electrons. The van der Waals surface area contributed by atoms with Gasteiger partial charge in [-0.1, -0.05) is 18.6 Å². The second-order valence-electron chi connectivity index (χ2n) is 6.69. The zero-order valence-corrected chi connectivity index (χ0v) is 16.1. The van der Waals surface area contributed by atoms with Crippen molar-refractivity contribution >= 4 is 12.1 Å². The maximum absolute atomic E-state index is 11.9. The lowest BCUT2D eigenvalue weighted by atomic mass is 9.85. The predicted molar refractivity (Wildman–Crippen MR) is 100 cm³/mol. The first-order valence-corrected chi connectivity index (χ1v) is 9.42. The smallest absolute Gasteiger partial charge is 0.409 e. The van der Waals surface area contributed by atoms with Crippen LogP contribution in [0, 0.1) is 5.92 Å². The number of hydrogen-bond acceptors (Lipinski definition) is 5. The first-order chi connectivity index (χ1) is 13.0. The zero-order chi connectivity index (χ0) is 19.6. The predicted octanol–water partition coefficient (Wildman–Crippen LogP) is 2.97. The molecule has 7 nitrogen and oxygen atoms in total. The summed E-state index contributed by atoms with van der Waals surface area (Å²) in [5.74, 6) is 0.276. The summed E-state index contributed by atoms with van der Waals surface area (Å²) in [6.07, 6.45) is 2.69. The van der Waals surface area contributed by atoms with Gasteiger partial charge < -0.3 is 24.2 Å². The number of carbonyl (C=O) groups is 2. The minimum Gasteiger partial charge on any atom is -0.492 e. The van der Waals surface area contributed by atoms with E-state index in [4.69, 9.17) is 19.3 Å². The minimum absolute atomic E-state index is 0.307. The van der Waals surface area contributed by atoms with Crippen LogP contribution in [-0.2, 0) is 20.7 Å². The van der Waals surface area contributed by atoms with Gasteiger partial charge in [0.1, 0.15) is 12.4 Å². The van der Waals surface area contributed by atoms with Crippen molar-refractivity contribution in [3.63, 3.8) is 0 Å². The number of rotatable bonds is 11. The number of carbonyl (C=O) groups excluding carboxylic acids is 1. The van der Waals surface area contributed by atoms with E-state index in [2.05, 4.69) is 0 Å². The molecule has 1 unspecified atom stereocenters. The normalized spacial score (nSPS) is 14.9. The molecule has 2 rings (SSSR count). The summed E-state index contributed by atoms with van der Waals surface area (Å²) in [7, 11) is 1.39. The van der Waals surface area contributed by atoms with E-state index in [9.17, 15) is 9.59 Å². The van der Waals surface area contributed by atoms with E-state index in [1.807, 2.05) is 12.1 Å². The molecule has 7 heteroatoms. The van der Waals surface area contributed by atoms with Crippen LogP contribution in [0.3, 0.4) is 0 Å². The second-order valence-corrected chi connectivity index (χ2v) is 6.69. The van der Waals surface area contributed by atoms with Gasteiger partial charge in [0.15, 0.2) is 6.10 Å². The summed E-state index contributed by atoms with van der Waals surface area (Å²) in [6.45, 7) is 3.68. The lowest BCUT2D eigenvalue weighted by Gasteiger charge is -2.31. The van der Waals surface area contributed by atoms with Gasteiger partial charge in [0.25, 0.3) is 0 Å². The Bertz CT molecular complexity index is 599. The third-order valence-electron chi connectivity index (χ3n) is 4.75. The molecule has 1 N–H and O–H groups in total. The van der Waals surface area contributed by atoms with E-state index in [0.29, 0.717) is 44.4 Å². The highest BCUT2D eigenvalue weighted by Crippen LogP contribution is 2.27. The van der Waals surface area contributed by atoms with E-state index in [0.717, 1.165) is 18.4 Å². The summed E-state index contributed by atoms with van der Waals surface area (Å²) in [5, 5.41) is 9.15. The first-order valence-electron chi connectivity index (χ1n) is 9.42. The number of methoxy groups -OCH3 is 1. The average molecular weight is 379 g/mol. The Morgan fingerprint density at radius 2 is 1.96 bits per heavy atom. The van der Waals surface area contributed by atoms with Crippen molar-refractivity contribution in [1.29, 1.82) is 0 Å². The highest BCUT2D eigenvalue weighted by atomic mass is 16.5. The molecule has 1 aromatic carbocycles. The molecule has 0 aromatic heterocycles. The van der Waals surface area contributed by atoms with Crippen LogP contribution in [0.25, 0.3) is 0 Å². The molecule has 0 saturated heterocycles. The number of carboxylic acid groups (broad SMARTS) is 1. The topological polar surface area (TPSA) is 85.3 Å². The first kappa shape index (κ1) is 21.0. The van der Waals surface area contributed by atoms with Crippen LogP contribution in [0.4, 0.5) is 4.79 Å². The molecule has 0 bridgehead atoms. The van der Waals surface area contributed by atoms with Gasteiger partial charge >= 0.3 is 12.1 Å². The van der Waals surface area contributed by atoms with Gasteiger partial charge in [0.2, 0.25) is 0 Å². The van der Waals surface area contributed by atoms with E-state index in [1.165, 1.54) is 13.5 Å². The fraction of sp³-hybridized carbons (Fsp3) is 0.600. The molecule has 1 saturated carbocycles. The van der Waals surface area contributed by atoms with Crippen LogP contribution >= 0.6 is 0 Å². The molecule has 1 aliphatic carbocycles. The van der Waals surface area contributed by atoms with Crippen LogP contribution in [0.1, 0.15) is 31.7 Å². The van der Waals surface area contributed by atoms with Crippen molar-refractivity contribution in [3.05, 3.63) is 29.8 Å². The summed E-state index contributed by atoms with van der Waals surface area (Å²) in [6, 6.07) is 7.26. The number of ether oxygens (including phenoxy) is 3. The quantitative estimate of drug-likeness (QED) is 0.636. The number of nitrogens with zero attached hydrogens (tertiary/aromatic N) is 1. The monoisotopic (exact) mass is 379 g/mol. The van der Waals surface area contributed by atoms with Gasteiger partial charge in [-0.25, -0.2) is 9.59 Å². The van der Waals surface area contributed by atoms with Gasteiger partial charge in [-0.15, -0.1) is 0 Å². The van der Waals surface area contributed by atoms with Gasteiger partial charge in [-0.05, 0) is 43.4 Å². The molecule has 1 atom stereocenters. The van der Waals surface area contributed by atoms with Crippen molar-refractivity contribution in [2.24, 2.45) is 5.92 Å². The lowest BCUT2D eigenvalue weighted by molar-refractivity contribution is -0.149. The Labute approximate surface area is 160 Å². The fourth-order valence-electron chi connectivity index (χ4n) is 3.00.